The normalized spacial score (nSPS) is 14.9. The van der Waals surface area contributed by atoms with Gasteiger partial charge >= 0.3 is 0 Å². The van der Waals surface area contributed by atoms with Gasteiger partial charge in [-0.1, -0.05) is 35.9 Å². The van der Waals surface area contributed by atoms with Crippen LogP contribution in [0.2, 0.25) is 0 Å². The third-order valence-electron chi connectivity index (χ3n) is 6.61. The van der Waals surface area contributed by atoms with E-state index in [1.807, 2.05) is 4.57 Å². The largest absolute Gasteiger partial charge is 0.380 e. The van der Waals surface area contributed by atoms with Crippen molar-refractivity contribution in [3.8, 4) is 5.69 Å². The predicted octanol–water partition coefficient (Wildman–Crippen LogP) is 4.57. The van der Waals surface area contributed by atoms with Gasteiger partial charge in [0.05, 0.1) is 6.61 Å². The summed E-state index contributed by atoms with van der Waals surface area (Å²) in [4.78, 5) is 6.01. The van der Waals surface area contributed by atoms with Crippen molar-refractivity contribution in [2.24, 2.45) is 0 Å². The highest BCUT2D eigenvalue weighted by atomic mass is 16.5. The predicted molar refractivity (Wildman–Crippen MR) is 132 cm³/mol. The number of methoxy groups -OCH3 is 1. The second-order valence-corrected chi connectivity index (χ2v) is 8.85. The van der Waals surface area contributed by atoms with Gasteiger partial charge in [0.15, 0.2) is 0 Å². The summed E-state index contributed by atoms with van der Waals surface area (Å²) < 4.78 is 7.50. The van der Waals surface area contributed by atoms with Crippen LogP contribution in [0.25, 0.3) is 16.6 Å². The van der Waals surface area contributed by atoms with Crippen molar-refractivity contribution < 1.29 is 4.74 Å². The summed E-state index contributed by atoms with van der Waals surface area (Å²) in [7, 11) is 1.80. The van der Waals surface area contributed by atoms with Crippen molar-refractivity contribution in [3.05, 3.63) is 89.7 Å². The van der Waals surface area contributed by atoms with Crippen LogP contribution < -0.4 is 0 Å². The molecule has 0 unspecified atom stereocenters. The Morgan fingerprint density at radius 2 is 1.88 bits per heavy atom. The fraction of sp³-hybridized carbons (Fsp3) is 0.333. The van der Waals surface area contributed by atoms with Gasteiger partial charge < -0.3 is 9.72 Å². The summed E-state index contributed by atoms with van der Waals surface area (Å²) in [6, 6.07) is 17.2. The van der Waals surface area contributed by atoms with Crippen molar-refractivity contribution in [1.82, 2.24) is 24.6 Å². The molecule has 0 bridgehead atoms. The molecule has 3 heterocycles. The number of hydrogen-bond donors (Lipinski definition) is 1. The van der Waals surface area contributed by atoms with Crippen LogP contribution in [0.5, 0.6) is 0 Å². The van der Waals surface area contributed by atoms with Crippen molar-refractivity contribution in [1.29, 1.82) is 0 Å². The van der Waals surface area contributed by atoms with Crippen molar-refractivity contribution in [2.75, 3.05) is 33.4 Å². The molecule has 5 rings (SSSR count). The molecule has 2 aromatic heterocycles. The number of aromatic amines is 1. The molecule has 0 spiro atoms. The van der Waals surface area contributed by atoms with Crippen molar-refractivity contribution in [2.45, 2.75) is 25.7 Å². The number of aryl methyl sites for hydroxylation is 1. The summed E-state index contributed by atoms with van der Waals surface area (Å²) in [6.45, 7) is 3.97. The van der Waals surface area contributed by atoms with Crippen LogP contribution >= 0.6 is 0 Å². The first-order chi connectivity index (χ1) is 16.3. The number of rotatable bonds is 9. The van der Waals surface area contributed by atoms with Gasteiger partial charge in [0, 0.05) is 43.0 Å². The molecule has 0 atom stereocenters. The lowest BCUT2D eigenvalue weighted by Gasteiger charge is -2.31. The molecule has 1 aliphatic rings. The molecule has 0 amide bonds. The second-order valence-electron chi connectivity index (χ2n) is 8.85. The maximum atomic E-state index is 5.55. The molecule has 4 aromatic rings. The topological polar surface area (TPSA) is 59.0 Å². The van der Waals surface area contributed by atoms with Gasteiger partial charge in [-0.05, 0) is 67.1 Å². The van der Waals surface area contributed by atoms with Crippen LogP contribution in [0.1, 0.15) is 24.0 Å². The van der Waals surface area contributed by atoms with Crippen LogP contribution in [0.3, 0.4) is 0 Å². The lowest BCUT2D eigenvalue weighted by atomic mass is 9.94. The number of fused-ring (bicyclic) bond motifs is 1. The Hall–Kier alpha value is -3.22. The maximum absolute atomic E-state index is 5.55. The molecule has 0 aliphatic carbocycles. The molecule has 33 heavy (non-hydrogen) atoms. The number of hydrogen-bond acceptors (Lipinski definition) is 4. The minimum absolute atomic E-state index is 0.729. The molecule has 0 saturated carbocycles. The minimum atomic E-state index is 0.729. The number of benzene rings is 2. The van der Waals surface area contributed by atoms with Gasteiger partial charge in [-0.3, -0.25) is 9.47 Å². The summed E-state index contributed by atoms with van der Waals surface area (Å²) in [5, 5.41) is 9.13. The first-order valence-corrected chi connectivity index (χ1v) is 11.7. The molecule has 6 heteroatoms. The third kappa shape index (κ3) is 5.07. The molecule has 0 saturated heterocycles. The fourth-order valence-electron chi connectivity index (χ4n) is 4.86. The second kappa shape index (κ2) is 10.1. The summed E-state index contributed by atoms with van der Waals surface area (Å²) >= 11 is 0. The van der Waals surface area contributed by atoms with E-state index in [1.54, 1.807) is 25.3 Å². The zero-order valence-electron chi connectivity index (χ0n) is 19.2. The number of aromatic nitrogens is 4. The molecule has 0 radical (unpaired) electrons. The van der Waals surface area contributed by atoms with Gasteiger partial charge in [0.25, 0.3) is 0 Å². The Morgan fingerprint density at radius 3 is 2.70 bits per heavy atom. The molecule has 1 aliphatic heterocycles. The lowest BCUT2D eigenvalue weighted by Crippen LogP contribution is -2.34. The van der Waals surface area contributed by atoms with E-state index in [9.17, 15) is 0 Å². The Morgan fingerprint density at radius 1 is 1.03 bits per heavy atom. The van der Waals surface area contributed by atoms with Gasteiger partial charge in [-0.15, -0.1) is 10.2 Å². The highest BCUT2D eigenvalue weighted by molar-refractivity contribution is 5.85. The van der Waals surface area contributed by atoms with E-state index in [2.05, 4.69) is 74.8 Å². The van der Waals surface area contributed by atoms with E-state index in [4.69, 9.17) is 4.74 Å². The maximum Gasteiger partial charge on any atom is 0.123 e. The molecular weight excluding hydrogens is 410 g/mol. The van der Waals surface area contributed by atoms with Crippen molar-refractivity contribution >= 4 is 10.9 Å². The van der Waals surface area contributed by atoms with Crippen molar-refractivity contribution in [3.63, 3.8) is 0 Å². The molecule has 170 valence electrons. The number of nitrogens with zero attached hydrogens (tertiary/aromatic N) is 4. The quantitative estimate of drug-likeness (QED) is 0.387. The molecule has 1 N–H and O–H groups in total. The van der Waals surface area contributed by atoms with Crippen LogP contribution in [-0.4, -0.2) is 58.0 Å². The SMILES string of the molecule is COCC1=C(Cc2ccccc2)CCN(CCCc2c[nH]c3ccc(-n4cnnc4)cc23)C1. The summed E-state index contributed by atoms with van der Waals surface area (Å²) in [5.74, 6) is 0. The van der Waals surface area contributed by atoms with E-state index >= 15 is 0 Å². The lowest BCUT2D eigenvalue weighted by molar-refractivity contribution is 0.200. The van der Waals surface area contributed by atoms with E-state index in [0.29, 0.717) is 0 Å². The number of ether oxygens (including phenoxy) is 1. The van der Waals surface area contributed by atoms with Crippen LogP contribution in [0, 0.1) is 0 Å². The zero-order chi connectivity index (χ0) is 22.5. The third-order valence-corrected chi connectivity index (χ3v) is 6.61. The molecule has 6 nitrogen and oxygen atoms in total. The standard InChI is InChI=1S/C27H31N5O/c1-33-18-24-17-31(13-11-22(24)14-21-6-3-2-4-7-21)12-5-8-23-16-28-27-10-9-25(15-26(23)27)32-19-29-30-20-32/h2-4,6-7,9-10,15-16,19-20,28H,5,8,11-14,17-18H2,1H3. The highest BCUT2D eigenvalue weighted by Gasteiger charge is 2.19. The molecule has 2 aromatic carbocycles. The van der Waals surface area contributed by atoms with Crippen LogP contribution in [0.4, 0.5) is 0 Å². The highest BCUT2D eigenvalue weighted by Crippen LogP contribution is 2.25. The van der Waals surface area contributed by atoms with Gasteiger partial charge in [-0.25, -0.2) is 0 Å². The molecule has 0 fully saturated rings. The first-order valence-electron chi connectivity index (χ1n) is 11.7. The van der Waals surface area contributed by atoms with Crippen LogP contribution in [-0.2, 0) is 17.6 Å². The Balaban J connectivity index is 1.21. The Kier molecular flexibility index (Phi) is 6.65. The average Bonchev–Trinajstić information content (AvgIpc) is 3.52. The van der Waals surface area contributed by atoms with E-state index in [1.165, 1.54) is 27.6 Å². The van der Waals surface area contributed by atoms with Crippen LogP contribution in [0.15, 0.2) is 78.5 Å². The molecular formula is C27H31N5O. The average molecular weight is 442 g/mol. The van der Waals surface area contributed by atoms with Gasteiger partial charge in [0.2, 0.25) is 0 Å². The summed E-state index contributed by atoms with van der Waals surface area (Å²) in [5.41, 5.74) is 8.03. The van der Waals surface area contributed by atoms with E-state index in [0.717, 1.165) is 57.6 Å². The van der Waals surface area contributed by atoms with Gasteiger partial charge in [-0.2, -0.15) is 0 Å². The monoisotopic (exact) mass is 441 g/mol. The Labute approximate surface area is 194 Å². The van der Waals surface area contributed by atoms with E-state index < -0.39 is 0 Å². The number of H-pyrrole nitrogens is 1. The smallest absolute Gasteiger partial charge is 0.123 e. The van der Waals surface area contributed by atoms with Gasteiger partial charge in [0.1, 0.15) is 12.7 Å². The van der Waals surface area contributed by atoms with E-state index in [-0.39, 0.29) is 0 Å². The first kappa shape index (κ1) is 21.6. The zero-order valence-corrected chi connectivity index (χ0v) is 19.2. The Bertz CT molecular complexity index is 1210. The summed E-state index contributed by atoms with van der Waals surface area (Å²) in [6.07, 6.45) is 9.99. The number of nitrogens with one attached hydrogen (secondary N) is 1. The minimum Gasteiger partial charge on any atom is -0.380 e. The fourth-order valence-corrected chi connectivity index (χ4v) is 4.86.